The van der Waals surface area contributed by atoms with E-state index in [-0.39, 0.29) is 5.69 Å². The second-order valence-electron chi connectivity index (χ2n) is 8.50. The molecule has 0 amide bonds. The Bertz CT molecular complexity index is 1650. The van der Waals surface area contributed by atoms with Crippen molar-refractivity contribution < 1.29 is 27.4 Å². The number of alkyl halides is 3. The molecule has 0 bridgehead atoms. The number of methoxy groups -OCH3 is 1. The molecule has 0 aliphatic heterocycles. The summed E-state index contributed by atoms with van der Waals surface area (Å²) in [5, 5.41) is 0.553. The molecule has 2 heterocycles. The van der Waals surface area contributed by atoms with Crippen molar-refractivity contribution in [3.05, 3.63) is 74.1 Å². The Hall–Kier alpha value is -3.93. The quantitative estimate of drug-likeness (QED) is 0.354. The molecule has 0 spiro atoms. The van der Waals surface area contributed by atoms with Gasteiger partial charge in [0.1, 0.15) is 11.4 Å². The average molecular weight is 534 g/mol. The zero-order valence-corrected chi connectivity index (χ0v) is 21.3. The van der Waals surface area contributed by atoms with Crippen LogP contribution in [-0.4, -0.2) is 32.7 Å². The van der Waals surface area contributed by atoms with E-state index in [0.29, 0.717) is 42.3 Å². The van der Waals surface area contributed by atoms with E-state index in [1.54, 1.807) is 13.0 Å². The van der Waals surface area contributed by atoms with Crippen LogP contribution in [0.25, 0.3) is 27.0 Å². The van der Waals surface area contributed by atoms with Crippen molar-refractivity contribution in [2.45, 2.75) is 33.1 Å². The topological polar surface area (TPSA) is 92.4 Å². The van der Waals surface area contributed by atoms with E-state index in [2.05, 4.69) is 4.37 Å². The number of ether oxygens (including phenoxy) is 2. The molecule has 0 saturated heterocycles. The first-order chi connectivity index (χ1) is 17.3. The van der Waals surface area contributed by atoms with Crippen LogP contribution in [0.1, 0.15) is 23.7 Å². The lowest BCUT2D eigenvalue weighted by molar-refractivity contribution is -0.148. The lowest BCUT2D eigenvalue weighted by atomic mass is 10.0. The van der Waals surface area contributed by atoms with E-state index in [4.69, 9.17) is 9.47 Å². The van der Waals surface area contributed by atoms with Crippen LogP contribution < -0.4 is 16.0 Å². The molecule has 8 nitrogen and oxygen atoms in total. The highest BCUT2D eigenvalue weighted by Gasteiger charge is 2.35. The van der Waals surface area contributed by atoms with Crippen LogP contribution in [0.5, 0.6) is 5.75 Å². The van der Waals surface area contributed by atoms with Crippen LogP contribution in [0.4, 0.5) is 13.2 Å². The van der Waals surface area contributed by atoms with Crippen molar-refractivity contribution in [3.63, 3.8) is 0 Å². The highest BCUT2D eigenvalue weighted by atomic mass is 32.1. The summed E-state index contributed by atoms with van der Waals surface area (Å²) in [6.07, 6.45) is -5.76. The van der Waals surface area contributed by atoms with E-state index in [1.807, 2.05) is 26.0 Å². The third-order valence-corrected chi connectivity index (χ3v) is 6.65. The molecule has 0 saturated carbocycles. The fraction of sp³-hybridized carbons (Fsp3) is 0.280. The van der Waals surface area contributed by atoms with Gasteiger partial charge in [-0.15, -0.1) is 0 Å². The van der Waals surface area contributed by atoms with Gasteiger partial charge in [-0.2, -0.15) is 17.5 Å². The molecule has 37 heavy (non-hydrogen) atoms. The Morgan fingerprint density at radius 1 is 1.11 bits per heavy atom. The van der Waals surface area contributed by atoms with E-state index in [9.17, 15) is 27.6 Å². The molecule has 2 aromatic carbocycles. The highest BCUT2D eigenvalue weighted by molar-refractivity contribution is 7.13. The number of hydrogen-bond acceptors (Lipinski definition) is 7. The second-order valence-corrected chi connectivity index (χ2v) is 9.30. The summed E-state index contributed by atoms with van der Waals surface area (Å²) in [5.41, 5.74) is -0.806. The Morgan fingerprint density at radius 3 is 2.46 bits per heavy atom. The summed E-state index contributed by atoms with van der Waals surface area (Å²) in [4.78, 5) is 37.4. The zero-order valence-electron chi connectivity index (χ0n) is 20.5. The first-order valence-corrected chi connectivity index (χ1v) is 11.8. The molecule has 194 valence electrons. The predicted octanol–water partition coefficient (Wildman–Crippen LogP) is 4.39. The summed E-state index contributed by atoms with van der Waals surface area (Å²) < 4.78 is 56.8. The van der Waals surface area contributed by atoms with Gasteiger partial charge >= 0.3 is 17.8 Å². The van der Waals surface area contributed by atoms with Gasteiger partial charge in [0.05, 0.1) is 23.2 Å². The minimum Gasteiger partial charge on any atom is -0.478 e. The van der Waals surface area contributed by atoms with Crippen molar-refractivity contribution in [1.82, 2.24) is 13.5 Å². The van der Waals surface area contributed by atoms with E-state index >= 15 is 0 Å². The molecule has 0 fully saturated rings. The summed E-state index contributed by atoms with van der Waals surface area (Å²) in [5.74, 6) is -0.155. The highest BCUT2D eigenvalue weighted by Crippen LogP contribution is 2.40. The maximum Gasteiger partial charge on any atom is 0.431 e. The van der Waals surface area contributed by atoms with Gasteiger partial charge < -0.3 is 9.47 Å². The zero-order chi connectivity index (χ0) is 27.2. The molecule has 4 aromatic rings. The molecule has 0 aliphatic rings. The maximum absolute atomic E-state index is 13.3. The van der Waals surface area contributed by atoms with Crippen LogP contribution in [0.2, 0.25) is 0 Å². The van der Waals surface area contributed by atoms with Gasteiger partial charge in [-0.05, 0) is 67.7 Å². The van der Waals surface area contributed by atoms with Gasteiger partial charge in [0, 0.05) is 24.1 Å². The van der Waals surface area contributed by atoms with Gasteiger partial charge in [-0.1, -0.05) is 6.07 Å². The SMILES string of the molecule is COC(=O)C(C)Oc1c(C)cc(C)cc1-c1nsc2ccc(-n3c(=O)cc(C(F)(F)F)n(C)c3=O)cc12. The lowest BCUT2D eigenvalue weighted by Gasteiger charge is -2.18. The number of esters is 1. The molecule has 0 radical (unpaired) electrons. The Morgan fingerprint density at radius 2 is 1.81 bits per heavy atom. The normalized spacial score (nSPS) is 12.5. The minimum atomic E-state index is -4.86. The molecular formula is C25H22F3N3O5S. The number of nitrogens with zero attached hydrogens (tertiary/aromatic N) is 3. The minimum absolute atomic E-state index is 0.0862. The number of halogens is 3. The van der Waals surface area contributed by atoms with Gasteiger partial charge in [0.25, 0.3) is 5.56 Å². The van der Waals surface area contributed by atoms with Crippen LogP contribution >= 0.6 is 11.5 Å². The van der Waals surface area contributed by atoms with Crippen molar-refractivity contribution in [2.75, 3.05) is 7.11 Å². The third kappa shape index (κ3) is 4.76. The predicted molar refractivity (Wildman–Crippen MR) is 132 cm³/mol. The molecule has 12 heteroatoms. The summed E-state index contributed by atoms with van der Waals surface area (Å²) in [7, 11) is 2.22. The standard InChI is InChI=1S/C25H22F3N3O5S/c1-12-8-13(2)22(36-14(3)23(33)35-5)17(9-12)21-16-10-15(6-7-18(16)37-29-21)31-20(32)11-19(25(26,27)28)30(4)24(31)34/h6-11,14H,1-5H3. The molecule has 4 rings (SSSR count). The second kappa shape index (κ2) is 9.51. The van der Waals surface area contributed by atoms with Gasteiger partial charge in [0.2, 0.25) is 0 Å². The van der Waals surface area contributed by atoms with E-state index in [1.165, 1.54) is 19.2 Å². The molecule has 1 atom stereocenters. The molecule has 0 aliphatic carbocycles. The molecule has 2 aromatic heterocycles. The fourth-order valence-corrected chi connectivity index (χ4v) is 4.84. The molecule has 0 N–H and O–H groups in total. The third-order valence-electron chi connectivity index (χ3n) is 5.82. The maximum atomic E-state index is 13.3. The number of fused-ring (bicyclic) bond motifs is 1. The van der Waals surface area contributed by atoms with Crippen molar-refractivity contribution >= 4 is 27.6 Å². The Labute approximate surface area is 212 Å². The Kier molecular flexibility index (Phi) is 6.72. The number of carbonyl (C=O) groups excluding carboxylic acids is 1. The van der Waals surface area contributed by atoms with E-state index in [0.717, 1.165) is 29.7 Å². The van der Waals surface area contributed by atoms with Gasteiger partial charge in [-0.25, -0.2) is 14.2 Å². The number of carbonyl (C=O) groups is 1. The smallest absolute Gasteiger partial charge is 0.431 e. The lowest BCUT2D eigenvalue weighted by Crippen LogP contribution is -2.40. The monoisotopic (exact) mass is 533 g/mol. The van der Waals surface area contributed by atoms with Crippen molar-refractivity contribution in [1.29, 1.82) is 0 Å². The Balaban J connectivity index is 1.92. The molecular weight excluding hydrogens is 511 g/mol. The van der Waals surface area contributed by atoms with Crippen LogP contribution in [0.15, 0.2) is 46.0 Å². The van der Waals surface area contributed by atoms with Gasteiger partial charge in [0.15, 0.2) is 6.10 Å². The summed E-state index contributed by atoms with van der Waals surface area (Å²) in [6, 6.07) is 8.73. The first kappa shape index (κ1) is 26.1. The van der Waals surface area contributed by atoms with Crippen molar-refractivity contribution in [2.24, 2.45) is 7.05 Å². The molecule has 1 unspecified atom stereocenters. The first-order valence-electron chi connectivity index (χ1n) is 11.0. The van der Waals surface area contributed by atoms with Crippen LogP contribution in [0, 0.1) is 13.8 Å². The largest absolute Gasteiger partial charge is 0.478 e. The number of aromatic nitrogens is 3. The van der Waals surface area contributed by atoms with Crippen LogP contribution in [0.3, 0.4) is 0 Å². The number of aryl methyl sites for hydroxylation is 2. The van der Waals surface area contributed by atoms with Gasteiger partial charge in [-0.3, -0.25) is 9.36 Å². The van der Waals surface area contributed by atoms with E-state index < -0.39 is 35.2 Å². The van der Waals surface area contributed by atoms with Crippen LogP contribution in [-0.2, 0) is 22.8 Å². The fourth-order valence-electron chi connectivity index (χ4n) is 4.07. The number of benzene rings is 2. The number of rotatable bonds is 5. The average Bonchev–Trinajstić information content (AvgIpc) is 3.24. The number of hydrogen-bond donors (Lipinski definition) is 0. The summed E-state index contributed by atoms with van der Waals surface area (Å²) in [6.45, 7) is 5.26. The van der Waals surface area contributed by atoms with Crippen molar-refractivity contribution in [3.8, 4) is 22.7 Å². The summed E-state index contributed by atoms with van der Waals surface area (Å²) >= 11 is 1.16.